The van der Waals surface area contributed by atoms with E-state index in [4.69, 9.17) is 19.9 Å². The van der Waals surface area contributed by atoms with Gasteiger partial charge >= 0.3 is 18.3 Å². The monoisotopic (exact) mass is 607 g/mol. The molecule has 3 rings (SSSR count). The molecule has 0 amide bonds. The second-order valence-electron chi connectivity index (χ2n) is 7.55. The molecular formula is C22H19F6N7O5S. The largest absolute Gasteiger partial charge is 0.490 e. The number of aliphatic carboxylic acids is 1. The highest BCUT2D eigenvalue weighted by molar-refractivity contribution is 7.89. The summed E-state index contributed by atoms with van der Waals surface area (Å²) in [6.45, 7) is 0.833. The molecule has 0 saturated carbocycles. The lowest BCUT2D eigenvalue weighted by molar-refractivity contribution is -0.192. The van der Waals surface area contributed by atoms with Gasteiger partial charge in [0.1, 0.15) is 35.6 Å². The number of carboxylic acid groups (broad SMARTS) is 1. The quantitative estimate of drug-likeness (QED) is 0.271. The van der Waals surface area contributed by atoms with Crippen LogP contribution in [0.3, 0.4) is 0 Å². The number of carboxylic acids is 1. The summed E-state index contributed by atoms with van der Waals surface area (Å²) in [5.74, 6) is -2.20. The number of carbonyl (C=O) groups is 1. The van der Waals surface area contributed by atoms with E-state index >= 15 is 0 Å². The maximum atomic E-state index is 13.0. The first-order chi connectivity index (χ1) is 19.0. The smallest absolute Gasteiger partial charge is 0.479 e. The van der Waals surface area contributed by atoms with Crippen molar-refractivity contribution in [2.24, 2.45) is 0 Å². The second-order valence-corrected chi connectivity index (χ2v) is 9.44. The molecule has 4 N–H and O–H groups in total. The van der Waals surface area contributed by atoms with E-state index in [9.17, 15) is 34.8 Å². The van der Waals surface area contributed by atoms with Gasteiger partial charge in [0.05, 0.1) is 16.1 Å². The van der Waals surface area contributed by atoms with E-state index in [1.807, 2.05) is 6.07 Å². The van der Waals surface area contributed by atoms with Crippen LogP contribution in [0.4, 0.5) is 49.5 Å². The molecule has 1 aromatic carbocycles. The fraction of sp³-hybridized carbons (Fsp3) is 0.227. The first kappa shape index (κ1) is 32.5. The molecule has 0 bridgehead atoms. The molecule has 0 aliphatic rings. The Kier molecular flexibility index (Phi) is 10.4. The van der Waals surface area contributed by atoms with Crippen molar-refractivity contribution in [2.75, 3.05) is 17.7 Å². The fourth-order valence-corrected chi connectivity index (χ4v) is 3.30. The average Bonchev–Trinajstić information content (AvgIpc) is 2.89. The van der Waals surface area contributed by atoms with Gasteiger partial charge in [-0.15, -0.1) is 0 Å². The molecule has 0 radical (unpaired) electrons. The molecule has 0 spiro atoms. The number of ether oxygens (including phenoxy) is 1. The van der Waals surface area contributed by atoms with Gasteiger partial charge in [0, 0.05) is 12.3 Å². The van der Waals surface area contributed by atoms with Crippen LogP contribution >= 0.6 is 0 Å². The first-order valence-electron chi connectivity index (χ1n) is 10.8. The molecule has 0 aliphatic carbocycles. The Morgan fingerprint density at radius 1 is 1.00 bits per heavy atom. The summed E-state index contributed by atoms with van der Waals surface area (Å²) in [4.78, 5) is 20.8. The number of alkyl halides is 6. The molecule has 220 valence electrons. The summed E-state index contributed by atoms with van der Waals surface area (Å²) in [7, 11) is -2.68. The number of sulfonamides is 1. The van der Waals surface area contributed by atoms with Crippen LogP contribution in [0.2, 0.25) is 0 Å². The zero-order valence-corrected chi connectivity index (χ0v) is 21.6. The van der Waals surface area contributed by atoms with Crippen LogP contribution in [-0.4, -0.2) is 59.9 Å². The SMILES string of the molecule is CNS(=O)(=O)c1ccc(OC(C)C(F)(F)F)c(Nc2cc(Nc3ccc(C#N)cn3)ncn2)c1.O=C(O)C(F)(F)F. The average molecular weight is 607 g/mol. The van der Waals surface area contributed by atoms with Gasteiger partial charge in [0.25, 0.3) is 0 Å². The number of nitriles is 1. The zero-order chi connectivity index (χ0) is 31.0. The predicted octanol–water partition coefficient (Wildman–Crippen LogP) is 4.10. The number of hydrogen-bond acceptors (Lipinski definition) is 10. The van der Waals surface area contributed by atoms with Crippen molar-refractivity contribution in [1.29, 1.82) is 5.26 Å². The number of nitrogens with zero attached hydrogens (tertiary/aromatic N) is 4. The number of nitrogens with one attached hydrogen (secondary N) is 3. The van der Waals surface area contributed by atoms with Gasteiger partial charge in [0.15, 0.2) is 6.10 Å². The molecule has 1 atom stereocenters. The van der Waals surface area contributed by atoms with Crippen molar-refractivity contribution >= 4 is 39.1 Å². The molecule has 1 unspecified atom stereocenters. The molecule has 0 saturated heterocycles. The Labute approximate surface area is 228 Å². The predicted molar refractivity (Wildman–Crippen MR) is 130 cm³/mol. The molecule has 3 aromatic rings. The molecule has 41 heavy (non-hydrogen) atoms. The van der Waals surface area contributed by atoms with Crippen LogP contribution < -0.4 is 20.1 Å². The van der Waals surface area contributed by atoms with Gasteiger partial charge in [0.2, 0.25) is 10.0 Å². The van der Waals surface area contributed by atoms with E-state index in [0.717, 1.165) is 25.1 Å². The molecule has 0 fully saturated rings. The zero-order valence-electron chi connectivity index (χ0n) is 20.7. The molecular weight excluding hydrogens is 588 g/mol. The van der Waals surface area contributed by atoms with E-state index in [2.05, 4.69) is 30.3 Å². The second kappa shape index (κ2) is 13.1. The molecule has 19 heteroatoms. The summed E-state index contributed by atoms with van der Waals surface area (Å²) < 4.78 is 102. The third-order valence-electron chi connectivity index (χ3n) is 4.62. The lowest BCUT2D eigenvalue weighted by atomic mass is 10.2. The van der Waals surface area contributed by atoms with E-state index < -0.39 is 34.4 Å². The Morgan fingerprint density at radius 2 is 1.61 bits per heavy atom. The van der Waals surface area contributed by atoms with Crippen LogP contribution in [0.25, 0.3) is 0 Å². The van der Waals surface area contributed by atoms with Crippen LogP contribution in [0.15, 0.2) is 53.8 Å². The van der Waals surface area contributed by atoms with Gasteiger partial charge in [-0.3, -0.25) is 0 Å². The molecule has 12 nitrogen and oxygen atoms in total. The van der Waals surface area contributed by atoms with Crippen molar-refractivity contribution in [3.8, 4) is 11.8 Å². The minimum Gasteiger partial charge on any atom is -0.479 e. The summed E-state index contributed by atoms with van der Waals surface area (Å²) in [5, 5.41) is 21.6. The summed E-state index contributed by atoms with van der Waals surface area (Å²) in [6, 6.07) is 9.85. The van der Waals surface area contributed by atoms with Gasteiger partial charge in [-0.2, -0.15) is 31.6 Å². The third-order valence-corrected chi connectivity index (χ3v) is 6.03. The lowest BCUT2D eigenvalue weighted by Gasteiger charge is -2.20. The molecule has 0 aliphatic heterocycles. The maximum absolute atomic E-state index is 13.0. The van der Waals surface area contributed by atoms with Gasteiger partial charge in [-0.25, -0.2) is 32.9 Å². The standard InChI is InChI=1S/C20H18F3N7O3S.C2HF3O2/c1-12(20(21,22)23)33-16-5-4-14(34(31,32)25-2)7-15(16)29-18-8-19(28-11-27-18)30-17-6-3-13(9-24)10-26-17;3-2(4,5)1(6)7/h3-8,10-12,25H,1-2H3,(H2,26,27,28,29,30);(H,6,7). The Hall–Kier alpha value is -4.70. The highest BCUT2D eigenvalue weighted by atomic mass is 32.2. The minimum absolute atomic E-state index is 0.0615. The number of hydrogen-bond donors (Lipinski definition) is 4. The molecule has 2 aromatic heterocycles. The van der Waals surface area contributed by atoms with Crippen LogP contribution in [0, 0.1) is 11.3 Å². The Bertz CT molecular complexity index is 1510. The van der Waals surface area contributed by atoms with Crippen molar-refractivity contribution in [2.45, 2.75) is 30.3 Å². The van der Waals surface area contributed by atoms with Gasteiger partial charge in [-0.1, -0.05) is 0 Å². The third kappa shape index (κ3) is 9.77. The van der Waals surface area contributed by atoms with E-state index in [1.165, 1.54) is 25.6 Å². The number of anilines is 4. The summed E-state index contributed by atoms with van der Waals surface area (Å²) in [5.41, 5.74) is 0.307. The lowest BCUT2D eigenvalue weighted by Crippen LogP contribution is -2.31. The van der Waals surface area contributed by atoms with Crippen molar-refractivity contribution in [3.63, 3.8) is 0 Å². The Morgan fingerprint density at radius 3 is 2.10 bits per heavy atom. The minimum atomic E-state index is -5.08. The topological polar surface area (TPSA) is 179 Å². The number of pyridine rings is 1. The van der Waals surface area contributed by atoms with Crippen LogP contribution in [0.1, 0.15) is 12.5 Å². The van der Waals surface area contributed by atoms with Gasteiger partial charge in [-0.05, 0) is 44.3 Å². The van der Waals surface area contributed by atoms with E-state index in [1.54, 1.807) is 12.1 Å². The Balaban J connectivity index is 0.000000745. The van der Waals surface area contributed by atoms with Gasteiger partial charge < -0.3 is 20.5 Å². The maximum Gasteiger partial charge on any atom is 0.490 e. The van der Waals surface area contributed by atoms with Crippen molar-refractivity contribution in [3.05, 3.63) is 54.5 Å². The summed E-state index contributed by atoms with van der Waals surface area (Å²) >= 11 is 0. The van der Waals surface area contributed by atoms with Crippen LogP contribution in [-0.2, 0) is 14.8 Å². The van der Waals surface area contributed by atoms with E-state index in [0.29, 0.717) is 11.4 Å². The fourth-order valence-electron chi connectivity index (χ4n) is 2.55. The number of aromatic nitrogens is 3. The van der Waals surface area contributed by atoms with E-state index in [-0.39, 0.29) is 28.0 Å². The number of halogens is 6. The van der Waals surface area contributed by atoms with Crippen molar-refractivity contribution < 1.29 is 49.4 Å². The van der Waals surface area contributed by atoms with Crippen molar-refractivity contribution in [1.82, 2.24) is 19.7 Å². The van der Waals surface area contributed by atoms with Crippen LogP contribution in [0.5, 0.6) is 5.75 Å². The number of rotatable bonds is 8. The highest BCUT2D eigenvalue weighted by Crippen LogP contribution is 2.34. The number of benzene rings is 1. The first-order valence-corrected chi connectivity index (χ1v) is 12.3. The summed E-state index contributed by atoms with van der Waals surface area (Å²) in [6.07, 6.45) is -9.32. The molecule has 2 heterocycles. The highest BCUT2D eigenvalue weighted by Gasteiger charge is 2.39. The normalized spacial score (nSPS) is 12.3.